The summed E-state index contributed by atoms with van der Waals surface area (Å²) >= 11 is 0. The number of methoxy groups -OCH3 is 1. The average molecular weight is 416 g/mol. The molecule has 0 aliphatic rings. The maximum absolute atomic E-state index is 12.7. The van der Waals surface area contributed by atoms with E-state index in [4.69, 9.17) is 19.9 Å². The minimum atomic E-state index is -1.09. The van der Waals surface area contributed by atoms with Gasteiger partial charge in [-0.2, -0.15) is 0 Å². The van der Waals surface area contributed by atoms with Crippen LogP contribution in [0.15, 0.2) is 18.2 Å². The number of Topliss-reactive ketones (excluding diaryl/α,β-unsaturated/α-hetero) is 2. The maximum atomic E-state index is 12.7. The van der Waals surface area contributed by atoms with Crippen molar-refractivity contribution in [1.29, 1.82) is 0 Å². The Morgan fingerprint density at radius 1 is 1.13 bits per heavy atom. The third kappa shape index (κ3) is 4.86. The number of aromatic nitrogens is 1. The first-order valence-electron chi connectivity index (χ1n) is 9.11. The van der Waals surface area contributed by atoms with Crippen molar-refractivity contribution in [1.82, 2.24) is 4.98 Å². The number of H-pyrrole nitrogens is 1. The Balaban J connectivity index is 2.17. The molecule has 0 fully saturated rings. The van der Waals surface area contributed by atoms with Crippen LogP contribution in [0.2, 0.25) is 0 Å². The van der Waals surface area contributed by atoms with Crippen molar-refractivity contribution < 1.29 is 33.4 Å². The number of aryl methyl sites for hydroxylation is 1. The minimum absolute atomic E-state index is 0.127. The molecule has 160 valence electrons. The molecule has 0 saturated carbocycles. The molecule has 1 aromatic carbocycles. The Hall–Kier alpha value is -3.62. The van der Waals surface area contributed by atoms with Gasteiger partial charge in [-0.05, 0) is 51.5 Å². The van der Waals surface area contributed by atoms with Crippen molar-refractivity contribution in [2.24, 2.45) is 5.73 Å². The Morgan fingerprint density at radius 2 is 1.80 bits per heavy atom. The molecule has 1 heterocycles. The molecule has 2 aromatic rings. The van der Waals surface area contributed by atoms with Gasteiger partial charge < -0.3 is 24.9 Å². The first kappa shape index (κ1) is 22.7. The van der Waals surface area contributed by atoms with Gasteiger partial charge in [-0.3, -0.25) is 14.4 Å². The van der Waals surface area contributed by atoms with Gasteiger partial charge in [0.1, 0.15) is 0 Å². The molecule has 1 aromatic heterocycles. The van der Waals surface area contributed by atoms with Gasteiger partial charge in [0, 0.05) is 11.3 Å². The molecule has 0 spiro atoms. The van der Waals surface area contributed by atoms with Crippen LogP contribution in [-0.2, 0) is 9.53 Å². The lowest BCUT2D eigenvalue weighted by Gasteiger charge is -2.14. The van der Waals surface area contributed by atoms with Crippen LogP contribution in [0.3, 0.4) is 0 Å². The molecule has 30 heavy (non-hydrogen) atoms. The first-order valence-corrected chi connectivity index (χ1v) is 9.11. The second kappa shape index (κ2) is 9.25. The zero-order valence-corrected chi connectivity index (χ0v) is 17.5. The third-order valence-electron chi connectivity index (χ3n) is 4.46. The number of nitrogens with one attached hydrogen (secondary N) is 1. The summed E-state index contributed by atoms with van der Waals surface area (Å²) in [6.07, 6.45) is -1.09. The highest BCUT2D eigenvalue weighted by Gasteiger charge is 2.26. The van der Waals surface area contributed by atoms with Crippen LogP contribution in [0.4, 0.5) is 0 Å². The Labute approximate surface area is 173 Å². The third-order valence-corrected chi connectivity index (χ3v) is 4.46. The van der Waals surface area contributed by atoms with Crippen molar-refractivity contribution in [2.75, 3.05) is 13.7 Å². The van der Waals surface area contributed by atoms with Crippen LogP contribution < -0.4 is 15.2 Å². The number of ketones is 2. The summed E-state index contributed by atoms with van der Waals surface area (Å²) in [5.41, 5.74) is 6.95. The number of aromatic amines is 1. The summed E-state index contributed by atoms with van der Waals surface area (Å²) in [5.74, 6) is -1.59. The minimum Gasteiger partial charge on any atom is -0.493 e. The second-order valence-electron chi connectivity index (χ2n) is 6.71. The predicted molar refractivity (Wildman–Crippen MR) is 107 cm³/mol. The lowest BCUT2D eigenvalue weighted by molar-refractivity contribution is -0.119. The Kier molecular flexibility index (Phi) is 6.99. The number of rotatable bonds is 9. The number of ether oxygens (including phenoxy) is 3. The van der Waals surface area contributed by atoms with E-state index in [-0.39, 0.29) is 35.1 Å². The number of primary amides is 1. The van der Waals surface area contributed by atoms with Gasteiger partial charge in [0.2, 0.25) is 5.78 Å². The molecule has 0 saturated heterocycles. The SMILES string of the molecule is COc1cc(C(=O)OC(C)C(=O)c2[nH]c(C)c(C(C)=O)c2C)ccc1OCC(N)=O. The van der Waals surface area contributed by atoms with Crippen LogP contribution in [0.5, 0.6) is 11.5 Å². The molecular weight excluding hydrogens is 392 g/mol. The zero-order chi connectivity index (χ0) is 22.6. The van der Waals surface area contributed by atoms with Crippen molar-refractivity contribution >= 4 is 23.4 Å². The van der Waals surface area contributed by atoms with E-state index in [1.807, 2.05) is 0 Å². The zero-order valence-electron chi connectivity index (χ0n) is 17.5. The molecule has 0 aliphatic carbocycles. The number of amides is 1. The summed E-state index contributed by atoms with van der Waals surface area (Å²) in [4.78, 5) is 50.8. The van der Waals surface area contributed by atoms with Gasteiger partial charge in [0.15, 0.2) is 30.0 Å². The number of carbonyl (C=O) groups excluding carboxylic acids is 4. The highest BCUT2D eigenvalue weighted by atomic mass is 16.5. The van der Waals surface area contributed by atoms with Crippen molar-refractivity contribution in [2.45, 2.75) is 33.8 Å². The van der Waals surface area contributed by atoms with Crippen LogP contribution in [0.1, 0.15) is 56.3 Å². The fourth-order valence-corrected chi connectivity index (χ4v) is 3.07. The van der Waals surface area contributed by atoms with Gasteiger partial charge in [0.25, 0.3) is 5.91 Å². The molecule has 3 N–H and O–H groups in total. The molecule has 1 unspecified atom stereocenters. The standard InChI is InChI=1S/C21H24N2O7/c1-10-18(12(3)24)11(2)23-19(10)20(26)13(4)30-21(27)14-6-7-15(16(8-14)28-5)29-9-17(22)25/h6-8,13,23H,9H2,1-5H3,(H2,22,25). The Bertz CT molecular complexity index is 1010. The summed E-state index contributed by atoms with van der Waals surface area (Å²) in [7, 11) is 1.37. The van der Waals surface area contributed by atoms with Gasteiger partial charge in [0.05, 0.1) is 18.4 Å². The van der Waals surface area contributed by atoms with E-state index in [0.29, 0.717) is 16.8 Å². The van der Waals surface area contributed by atoms with Crippen LogP contribution >= 0.6 is 0 Å². The molecule has 0 aliphatic heterocycles. The molecule has 1 atom stereocenters. The van der Waals surface area contributed by atoms with Crippen LogP contribution in [0, 0.1) is 13.8 Å². The van der Waals surface area contributed by atoms with E-state index in [0.717, 1.165) is 0 Å². The lowest BCUT2D eigenvalue weighted by atomic mass is 10.0. The van der Waals surface area contributed by atoms with E-state index >= 15 is 0 Å². The summed E-state index contributed by atoms with van der Waals surface area (Å²) < 4.78 is 15.7. The summed E-state index contributed by atoms with van der Waals surface area (Å²) in [6, 6.07) is 4.21. The van der Waals surface area contributed by atoms with Gasteiger partial charge in [-0.1, -0.05) is 0 Å². The lowest BCUT2D eigenvalue weighted by Crippen LogP contribution is -2.25. The monoisotopic (exact) mass is 416 g/mol. The van der Waals surface area contributed by atoms with E-state index in [1.165, 1.54) is 39.2 Å². The van der Waals surface area contributed by atoms with Crippen molar-refractivity contribution in [3.8, 4) is 11.5 Å². The van der Waals surface area contributed by atoms with Crippen LogP contribution in [0.25, 0.3) is 0 Å². The first-order chi connectivity index (χ1) is 14.1. The number of nitrogens with two attached hydrogens (primary N) is 1. The summed E-state index contributed by atoms with van der Waals surface area (Å²) in [6.45, 7) is 5.89. The fourth-order valence-electron chi connectivity index (χ4n) is 3.07. The molecule has 9 nitrogen and oxygen atoms in total. The Morgan fingerprint density at radius 3 is 2.33 bits per heavy atom. The summed E-state index contributed by atoms with van der Waals surface area (Å²) in [5, 5.41) is 0. The van der Waals surface area contributed by atoms with Gasteiger partial charge in [-0.25, -0.2) is 4.79 Å². The highest BCUT2D eigenvalue weighted by molar-refractivity contribution is 6.05. The number of hydrogen-bond acceptors (Lipinski definition) is 7. The van der Waals surface area contributed by atoms with Gasteiger partial charge >= 0.3 is 5.97 Å². The number of carbonyl (C=O) groups is 4. The highest BCUT2D eigenvalue weighted by Crippen LogP contribution is 2.28. The largest absolute Gasteiger partial charge is 0.493 e. The molecule has 0 bridgehead atoms. The van der Waals surface area contributed by atoms with Gasteiger partial charge in [-0.15, -0.1) is 0 Å². The van der Waals surface area contributed by atoms with Crippen molar-refractivity contribution in [3.63, 3.8) is 0 Å². The molecule has 1 amide bonds. The van der Waals surface area contributed by atoms with E-state index in [2.05, 4.69) is 4.98 Å². The average Bonchev–Trinajstić information content (AvgIpc) is 2.99. The van der Waals surface area contributed by atoms with E-state index in [9.17, 15) is 19.2 Å². The molecule has 0 radical (unpaired) electrons. The topological polar surface area (TPSA) is 138 Å². The predicted octanol–water partition coefficient (Wildman–Crippen LogP) is 2.14. The fraction of sp³-hybridized carbons (Fsp3) is 0.333. The van der Waals surface area contributed by atoms with E-state index in [1.54, 1.807) is 13.8 Å². The second-order valence-corrected chi connectivity index (χ2v) is 6.71. The molecule has 9 heteroatoms. The molecule has 2 rings (SSSR count). The number of hydrogen-bond donors (Lipinski definition) is 2. The normalized spacial score (nSPS) is 11.5. The number of benzene rings is 1. The van der Waals surface area contributed by atoms with Crippen LogP contribution in [-0.4, -0.2) is 48.2 Å². The molecular formula is C21H24N2O7. The maximum Gasteiger partial charge on any atom is 0.338 e. The smallest absolute Gasteiger partial charge is 0.338 e. The van der Waals surface area contributed by atoms with Crippen molar-refractivity contribution in [3.05, 3.63) is 46.3 Å². The van der Waals surface area contributed by atoms with E-state index < -0.39 is 23.8 Å². The number of esters is 1. The quantitative estimate of drug-likeness (QED) is 0.472.